The molecule has 148 valence electrons. The maximum Gasteiger partial charge on any atom is 0.341 e. The zero-order valence-electron chi connectivity index (χ0n) is 15.2. The molecule has 28 heavy (non-hydrogen) atoms. The Kier molecular flexibility index (Phi) is 4.86. The molecule has 7 heteroatoms. The van der Waals surface area contributed by atoms with Gasteiger partial charge >= 0.3 is 5.76 Å². The van der Waals surface area contributed by atoms with E-state index < -0.39 is 15.6 Å². The molecule has 0 heterocycles. The van der Waals surface area contributed by atoms with Crippen molar-refractivity contribution >= 4 is 36.9 Å². The topological polar surface area (TPSA) is 43.4 Å². The number of rotatable bonds is 5. The van der Waals surface area contributed by atoms with Crippen molar-refractivity contribution < 1.29 is 21.9 Å². The first kappa shape index (κ1) is 19.6. The highest BCUT2D eigenvalue weighted by Crippen LogP contribution is 2.63. The van der Waals surface area contributed by atoms with Crippen LogP contribution in [0.15, 0.2) is 51.8 Å². The number of allylic oxidation sites excluding steroid dienone is 2. The van der Waals surface area contributed by atoms with Crippen LogP contribution in [0.5, 0.6) is 5.75 Å². The Bertz CT molecular complexity index is 1060. The molecule has 0 unspecified atom stereocenters. The van der Waals surface area contributed by atoms with Gasteiger partial charge in [0.2, 0.25) is 9.84 Å². The SMILES string of the molecule is COc1ccc(C2=C(c3ccc(S(=O)(=O)C(F)F)cc3)CC3(CC3)C2)cc1Br. The maximum atomic E-state index is 12.8. The van der Waals surface area contributed by atoms with Crippen molar-refractivity contribution in [1.82, 2.24) is 0 Å². The first-order valence-electron chi connectivity index (χ1n) is 8.94. The molecular formula is C21H19BrF2O3S. The van der Waals surface area contributed by atoms with E-state index in [0.29, 0.717) is 5.41 Å². The van der Waals surface area contributed by atoms with Gasteiger partial charge in [0.05, 0.1) is 16.5 Å². The van der Waals surface area contributed by atoms with Gasteiger partial charge in [-0.2, -0.15) is 8.78 Å². The van der Waals surface area contributed by atoms with Crippen LogP contribution in [-0.2, 0) is 9.84 Å². The molecule has 2 aromatic carbocycles. The molecule has 2 aromatic rings. The van der Waals surface area contributed by atoms with Crippen LogP contribution >= 0.6 is 15.9 Å². The molecule has 0 bridgehead atoms. The van der Waals surface area contributed by atoms with Crippen LogP contribution in [-0.4, -0.2) is 21.3 Å². The van der Waals surface area contributed by atoms with Crippen LogP contribution in [0.1, 0.15) is 36.8 Å². The molecule has 0 amide bonds. The smallest absolute Gasteiger partial charge is 0.341 e. The van der Waals surface area contributed by atoms with Gasteiger partial charge in [0.15, 0.2) is 0 Å². The Balaban J connectivity index is 1.75. The fourth-order valence-electron chi connectivity index (χ4n) is 3.91. The number of hydrogen-bond acceptors (Lipinski definition) is 3. The van der Waals surface area contributed by atoms with Gasteiger partial charge < -0.3 is 4.74 Å². The molecule has 4 rings (SSSR count). The van der Waals surface area contributed by atoms with Crippen LogP contribution in [0.4, 0.5) is 8.78 Å². The van der Waals surface area contributed by atoms with E-state index in [1.165, 1.54) is 30.5 Å². The third-order valence-electron chi connectivity index (χ3n) is 5.69. The quantitative estimate of drug-likeness (QED) is 0.545. The van der Waals surface area contributed by atoms with Crippen LogP contribution < -0.4 is 4.74 Å². The maximum absolute atomic E-state index is 12.8. The van der Waals surface area contributed by atoms with Crippen LogP contribution in [0.2, 0.25) is 0 Å². The minimum Gasteiger partial charge on any atom is -0.496 e. The third kappa shape index (κ3) is 3.39. The number of methoxy groups -OCH3 is 1. The number of sulfone groups is 1. The van der Waals surface area contributed by atoms with Crippen molar-refractivity contribution in [2.24, 2.45) is 5.41 Å². The lowest BCUT2D eigenvalue weighted by Gasteiger charge is -2.11. The normalized spacial score (nSPS) is 18.2. The lowest BCUT2D eigenvalue weighted by molar-refractivity contribution is 0.234. The lowest BCUT2D eigenvalue weighted by atomic mass is 9.97. The second kappa shape index (κ2) is 6.95. The molecule has 0 radical (unpaired) electrons. The van der Waals surface area contributed by atoms with Crippen LogP contribution in [0.25, 0.3) is 11.1 Å². The Labute approximate surface area is 171 Å². The van der Waals surface area contributed by atoms with Gasteiger partial charge in [0.1, 0.15) is 5.75 Å². The van der Waals surface area contributed by atoms with Crippen molar-refractivity contribution in [3.8, 4) is 5.75 Å². The van der Waals surface area contributed by atoms with Crippen LogP contribution in [0.3, 0.4) is 0 Å². The molecule has 1 saturated carbocycles. The molecule has 0 aromatic heterocycles. The summed E-state index contributed by atoms with van der Waals surface area (Å²) in [5.41, 5.74) is 4.67. The molecule has 0 atom stereocenters. The molecular weight excluding hydrogens is 450 g/mol. The number of benzene rings is 2. The average molecular weight is 469 g/mol. The van der Waals surface area contributed by atoms with E-state index in [-0.39, 0.29) is 4.90 Å². The summed E-state index contributed by atoms with van der Waals surface area (Å²) >= 11 is 3.53. The summed E-state index contributed by atoms with van der Waals surface area (Å²) in [5, 5.41) is 0. The molecule has 2 aliphatic carbocycles. The Morgan fingerprint density at radius 1 is 1.00 bits per heavy atom. The molecule has 1 fully saturated rings. The fraction of sp³-hybridized carbons (Fsp3) is 0.333. The van der Waals surface area contributed by atoms with Crippen molar-refractivity contribution in [1.29, 1.82) is 0 Å². The van der Waals surface area contributed by atoms with Crippen molar-refractivity contribution in [2.45, 2.75) is 36.3 Å². The lowest BCUT2D eigenvalue weighted by Crippen LogP contribution is -2.11. The van der Waals surface area contributed by atoms with Crippen molar-refractivity contribution in [2.75, 3.05) is 7.11 Å². The summed E-state index contributed by atoms with van der Waals surface area (Å²) in [6, 6.07) is 11.8. The highest BCUT2D eigenvalue weighted by molar-refractivity contribution is 9.10. The van der Waals surface area contributed by atoms with E-state index in [4.69, 9.17) is 4.74 Å². The molecule has 0 N–H and O–H groups in total. The first-order chi connectivity index (χ1) is 13.3. The van der Waals surface area contributed by atoms with E-state index >= 15 is 0 Å². The largest absolute Gasteiger partial charge is 0.496 e. The Morgan fingerprint density at radius 3 is 2.07 bits per heavy atom. The van der Waals surface area contributed by atoms with Crippen LogP contribution in [0, 0.1) is 5.41 Å². The number of hydrogen-bond donors (Lipinski definition) is 0. The Hall–Kier alpha value is -1.73. The predicted molar refractivity (Wildman–Crippen MR) is 108 cm³/mol. The second-order valence-corrected chi connectivity index (χ2v) is 10.3. The molecule has 0 aliphatic heterocycles. The summed E-state index contributed by atoms with van der Waals surface area (Å²) in [5.74, 6) is -2.66. The van der Waals surface area contributed by atoms with Gasteiger partial charge in [-0.05, 0) is 93.6 Å². The summed E-state index contributed by atoms with van der Waals surface area (Å²) in [6.07, 6.45) is 4.25. The third-order valence-corrected chi connectivity index (χ3v) is 7.71. The van der Waals surface area contributed by atoms with Gasteiger partial charge in [-0.25, -0.2) is 8.42 Å². The number of halogens is 3. The van der Waals surface area contributed by atoms with Gasteiger partial charge in [-0.15, -0.1) is 0 Å². The highest BCUT2D eigenvalue weighted by Gasteiger charge is 2.48. The minimum absolute atomic E-state index is 0.296. The van der Waals surface area contributed by atoms with E-state index in [1.807, 2.05) is 18.2 Å². The number of alkyl halides is 2. The van der Waals surface area contributed by atoms with Crippen molar-refractivity contribution in [3.05, 3.63) is 58.1 Å². The van der Waals surface area contributed by atoms with E-state index in [2.05, 4.69) is 15.9 Å². The van der Waals surface area contributed by atoms with Gasteiger partial charge in [0.25, 0.3) is 0 Å². The summed E-state index contributed by atoms with van der Waals surface area (Å²) in [7, 11) is -2.96. The standard InChI is InChI=1S/C21H19BrF2O3S/c1-27-19-7-4-14(10-18(19)22)17-12-21(8-9-21)11-16(17)13-2-5-15(6-3-13)28(25,26)20(23)24/h2-7,10,20H,8-9,11-12H2,1H3. The molecule has 1 spiro atoms. The van der Waals surface area contributed by atoms with Gasteiger partial charge in [-0.3, -0.25) is 0 Å². The molecule has 0 saturated heterocycles. The van der Waals surface area contributed by atoms with E-state index in [9.17, 15) is 17.2 Å². The van der Waals surface area contributed by atoms with Crippen molar-refractivity contribution in [3.63, 3.8) is 0 Å². The van der Waals surface area contributed by atoms with E-state index in [0.717, 1.165) is 39.8 Å². The molecule has 2 aliphatic rings. The first-order valence-corrected chi connectivity index (χ1v) is 11.3. The highest BCUT2D eigenvalue weighted by atomic mass is 79.9. The summed E-state index contributed by atoms with van der Waals surface area (Å²) in [4.78, 5) is -0.347. The van der Waals surface area contributed by atoms with Gasteiger partial charge in [0, 0.05) is 0 Å². The minimum atomic E-state index is -4.58. The monoisotopic (exact) mass is 468 g/mol. The second-order valence-electron chi connectivity index (χ2n) is 7.49. The molecule has 3 nitrogen and oxygen atoms in total. The zero-order chi connectivity index (χ0) is 20.1. The summed E-state index contributed by atoms with van der Waals surface area (Å²) < 4.78 is 55.1. The zero-order valence-corrected chi connectivity index (χ0v) is 17.6. The van der Waals surface area contributed by atoms with E-state index in [1.54, 1.807) is 19.2 Å². The Morgan fingerprint density at radius 2 is 1.57 bits per heavy atom. The summed E-state index contributed by atoms with van der Waals surface area (Å²) in [6.45, 7) is 0. The average Bonchev–Trinajstić information content (AvgIpc) is 3.32. The van der Waals surface area contributed by atoms with Gasteiger partial charge in [-0.1, -0.05) is 18.2 Å². The predicted octanol–water partition coefficient (Wildman–Crippen LogP) is 5.94. The fourth-order valence-corrected chi connectivity index (χ4v) is 5.17. The number of ether oxygens (including phenoxy) is 1.